The molecule has 0 bridgehead atoms. The van der Waals surface area contributed by atoms with Crippen LogP contribution in [-0.2, 0) is 4.74 Å². The first-order valence-corrected chi connectivity index (χ1v) is 6.39. The molecule has 1 heterocycles. The molecule has 2 atom stereocenters. The molecule has 1 rings (SSSR count). The Morgan fingerprint density at radius 2 is 2.12 bits per heavy atom. The number of hydrogen-bond acceptors (Lipinski definition) is 3. The van der Waals surface area contributed by atoms with E-state index in [1.165, 1.54) is 0 Å². The van der Waals surface area contributed by atoms with E-state index < -0.39 is 11.2 Å². The summed E-state index contributed by atoms with van der Waals surface area (Å²) in [5, 5.41) is 10.2. The van der Waals surface area contributed by atoms with E-state index in [4.69, 9.17) is 4.74 Å². The molecular formula is C13H25NO3. The summed E-state index contributed by atoms with van der Waals surface area (Å²) in [5.74, 6) is 0. The Kier molecular flexibility index (Phi) is 4.07. The molecule has 0 aromatic heterocycles. The minimum Gasteiger partial charge on any atom is -0.444 e. The Morgan fingerprint density at radius 1 is 1.53 bits per heavy atom. The Hall–Kier alpha value is -0.770. The summed E-state index contributed by atoms with van der Waals surface area (Å²) < 4.78 is 5.35. The van der Waals surface area contributed by atoms with Crippen molar-refractivity contribution in [3.63, 3.8) is 0 Å². The van der Waals surface area contributed by atoms with Crippen molar-refractivity contribution in [3.05, 3.63) is 0 Å². The van der Waals surface area contributed by atoms with E-state index in [1.807, 2.05) is 34.6 Å². The van der Waals surface area contributed by atoms with Gasteiger partial charge in [-0.2, -0.15) is 0 Å². The molecular weight excluding hydrogens is 218 g/mol. The van der Waals surface area contributed by atoms with Crippen molar-refractivity contribution in [1.29, 1.82) is 0 Å². The second kappa shape index (κ2) is 4.84. The summed E-state index contributed by atoms with van der Waals surface area (Å²) in [5.41, 5.74) is -1.08. The van der Waals surface area contributed by atoms with E-state index in [0.29, 0.717) is 19.4 Å². The molecule has 1 N–H and O–H groups in total. The zero-order chi connectivity index (χ0) is 13.3. The molecule has 0 unspecified atom stereocenters. The first-order chi connectivity index (χ1) is 7.67. The van der Waals surface area contributed by atoms with Crippen molar-refractivity contribution >= 4 is 6.09 Å². The van der Waals surface area contributed by atoms with E-state index >= 15 is 0 Å². The van der Waals surface area contributed by atoms with Crippen molar-refractivity contribution < 1.29 is 14.6 Å². The number of rotatable bonds is 1. The number of piperidine rings is 1. The average Bonchev–Trinajstić information content (AvgIpc) is 2.14. The van der Waals surface area contributed by atoms with Crippen LogP contribution in [0.4, 0.5) is 4.79 Å². The van der Waals surface area contributed by atoms with Crippen LogP contribution in [0, 0.1) is 0 Å². The first kappa shape index (κ1) is 14.3. The van der Waals surface area contributed by atoms with Crippen molar-refractivity contribution in [3.8, 4) is 0 Å². The number of hydrogen-bond donors (Lipinski definition) is 1. The molecule has 1 saturated heterocycles. The fraction of sp³-hybridized carbons (Fsp3) is 0.923. The molecule has 100 valence electrons. The number of carbonyl (C=O) groups excluding carboxylic acids is 1. The molecule has 0 saturated carbocycles. The van der Waals surface area contributed by atoms with Crippen molar-refractivity contribution in [1.82, 2.24) is 4.90 Å². The molecule has 4 nitrogen and oxygen atoms in total. The van der Waals surface area contributed by atoms with E-state index in [2.05, 4.69) is 0 Å². The Balaban J connectivity index is 2.61. The highest BCUT2D eigenvalue weighted by Gasteiger charge is 2.38. The van der Waals surface area contributed by atoms with Gasteiger partial charge in [0.25, 0.3) is 0 Å². The van der Waals surface area contributed by atoms with Crippen LogP contribution in [0.25, 0.3) is 0 Å². The molecule has 0 aromatic carbocycles. The fourth-order valence-corrected chi connectivity index (χ4v) is 2.22. The van der Waals surface area contributed by atoms with E-state index in [1.54, 1.807) is 4.90 Å². The monoisotopic (exact) mass is 243 g/mol. The van der Waals surface area contributed by atoms with Crippen molar-refractivity contribution in [2.45, 2.75) is 71.1 Å². The van der Waals surface area contributed by atoms with Crippen LogP contribution >= 0.6 is 0 Å². The first-order valence-electron chi connectivity index (χ1n) is 6.39. The van der Waals surface area contributed by atoms with Gasteiger partial charge in [0.15, 0.2) is 0 Å². The van der Waals surface area contributed by atoms with E-state index in [-0.39, 0.29) is 12.1 Å². The lowest BCUT2D eigenvalue weighted by Gasteiger charge is -2.42. The van der Waals surface area contributed by atoms with Gasteiger partial charge in [0.05, 0.1) is 5.60 Å². The number of aliphatic hydroxyl groups is 1. The standard InChI is InChI=1S/C13H25NO3/c1-6-13(16)7-8-14(10(2)9-13)11(15)17-12(3,4)5/h10,16H,6-9H2,1-5H3/t10-,13+/m1/s1. The van der Waals surface area contributed by atoms with Crippen LogP contribution < -0.4 is 0 Å². The smallest absolute Gasteiger partial charge is 0.410 e. The van der Waals surface area contributed by atoms with Crippen LogP contribution in [0.5, 0.6) is 0 Å². The summed E-state index contributed by atoms with van der Waals surface area (Å²) in [6.45, 7) is 10.1. The normalized spacial score (nSPS) is 30.2. The Labute approximate surface area is 104 Å². The molecule has 1 amide bonds. The summed E-state index contributed by atoms with van der Waals surface area (Å²) in [6, 6.07) is 0.0311. The third kappa shape index (κ3) is 3.87. The highest BCUT2D eigenvalue weighted by Crippen LogP contribution is 2.30. The minimum atomic E-state index is -0.613. The quantitative estimate of drug-likeness (QED) is 0.770. The van der Waals surface area contributed by atoms with Gasteiger partial charge in [-0.25, -0.2) is 4.79 Å². The topological polar surface area (TPSA) is 49.8 Å². The summed E-state index contributed by atoms with van der Waals surface area (Å²) in [7, 11) is 0. The SMILES string of the molecule is CC[C@]1(O)CCN(C(=O)OC(C)(C)C)[C@H](C)C1. The van der Waals surface area contributed by atoms with Gasteiger partial charge >= 0.3 is 6.09 Å². The van der Waals surface area contributed by atoms with Gasteiger partial charge in [-0.15, -0.1) is 0 Å². The van der Waals surface area contributed by atoms with Gasteiger partial charge in [0.1, 0.15) is 5.60 Å². The number of likely N-dealkylation sites (tertiary alicyclic amines) is 1. The zero-order valence-corrected chi connectivity index (χ0v) is 11.6. The predicted molar refractivity (Wildman–Crippen MR) is 66.9 cm³/mol. The van der Waals surface area contributed by atoms with Crippen molar-refractivity contribution in [2.24, 2.45) is 0 Å². The number of carbonyl (C=O) groups is 1. The average molecular weight is 243 g/mol. The maximum Gasteiger partial charge on any atom is 0.410 e. The minimum absolute atomic E-state index is 0.0311. The second-order valence-electron chi connectivity index (χ2n) is 6.05. The van der Waals surface area contributed by atoms with Gasteiger partial charge in [-0.3, -0.25) is 0 Å². The fourth-order valence-electron chi connectivity index (χ4n) is 2.22. The largest absolute Gasteiger partial charge is 0.444 e. The highest BCUT2D eigenvalue weighted by molar-refractivity contribution is 5.68. The number of nitrogens with zero attached hydrogens (tertiary/aromatic N) is 1. The van der Waals surface area contributed by atoms with Crippen LogP contribution in [-0.4, -0.2) is 39.9 Å². The third-order valence-electron chi connectivity index (χ3n) is 3.31. The lowest BCUT2D eigenvalue weighted by Crippen LogP contribution is -2.52. The van der Waals surface area contributed by atoms with Gasteiger partial charge in [-0.1, -0.05) is 6.92 Å². The Morgan fingerprint density at radius 3 is 2.53 bits per heavy atom. The summed E-state index contributed by atoms with van der Waals surface area (Å²) in [4.78, 5) is 13.7. The lowest BCUT2D eigenvalue weighted by molar-refractivity contribution is -0.0524. The highest BCUT2D eigenvalue weighted by atomic mass is 16.6. The molecule has 0 spiro atoms. The summed E-state index contributed by atoms with van der Waals surface area (Å²) >= 11 is 0. The third-order valence-corrected chi connectivity index (χ3v) is 3.31. The summed E-state index contributed by atoms with van der Waals surface area (Å²) in [6.07, 6.45) is 1.72. The zero-order valence-electron chi connectivity index (χ0n) is 11.6. The molecule has 4 heteroatoms. The van der Waals surface area contributed by atoms with E-state index in [9.17, 15) is 9.90 Å². The molecule has 0 aliphatic carbocycles. The van der Waals surface area contributed by atoms with Gasteiger partial charge < -0.3 is 14.7 Å². The van der Waals surface area contributed by atoms with Gasteiger partial charge in [0.2, 0.25) is 0 Å². The van der Waals surface area contributed by atoms with E-state index in [0.717, 1.165) is 6.42 Å². The molecule has 17 heavy (non-hydrogen) atoms. The molecule has 0 aromatic rings. The second-order valence-corrected chi connectivity index (χ2v) is 6.05. The van der Waals surface area contributed by atoms with Crippen LogP contribution in [0.1, 0.15) is 53.9 Å². The van der Waals surface area contributed by atoms with Gasteiger partial charge in [0, 0.05) is 12.6 Å². The van der Waals surface area contributed by atoms with Crippen molar-refractivity contribution in [2.75, 3.05) is 6.54 Å². The van der Waals surface area contributed by atoms with Crippen LogP contribution in [0.2, 0.25) is 0 Å². The maximum absolute atomic E-state index is 11.9. The maximum atomic E-state index is 11.9. The van der Waals surface area contributed by atoms with Crippen LogP contribution in [0.15, 0.2) is 0 Å². The molecule has 1 aliphatic heterocycles. The molecule has 1 fully saturated rings. The van der Waals surface area contributed by atoms with Crippen LogP contribution in [0.3, 0.4) is 0 Å². The predicted octanol–water partition coefficient (Wildman–Crippen LogP) is 2.55. The number of amides is 1. The molecule has 1 aliphatic rings. The molecule has 0 radical (unpaired) electrons. The Bertz CT molecular complexity index is 285. The van der Waals surface area contributed by atoms with Gasteiger partial charge in [-0.05, 0) is 47.0 Å². The lowest BCUT2D eigenvalue weighted by atomic mass is 9.85. The number of ether oxygens (including phenoxy) is 1.